The number of nitrogens with one attached hydrogen (secondary N) is 2. The van der Waals surface area contributed by atoms with E-state index in [2.05, 4.69) is 15.0 Å². The number of sulfonamides is 1. The SMILES string of the molecule is CCNCc1cc(S(=O)(=O)Nc2ccc(OC)nc2)cs1. The summed E-state index contributed by atoms with van der Waals surface area (Å²) in [5, 5.41) is 4.79. The van der Waals surface area contributed by atoms with E-state index in [9.17, 15) is 8.42 Å². The molecule has 0 unspecified atom stereocenters. The van der Waals surface area contributed by atoms with Crippen molar-refractivity contribution in [2.75, 3.05) is 18.4 Å². The lowest BCUT2D eigenvalue weighted by atomic mass is 10.4. The molecule has 0 amide bonds. The van der Waals surface area contributed by atoms with Gasteiger partial charge in [-0.2, -0.15) is 0 Å². The van der Waals surface area contributed by atoms with Gasteiger partial charge >= 0.3 is 0 Å². The fourth-order valence-electron chi connectivity index (χ4n) is 1.62. The van der Waals surface area contributed by atoms with Crippen molar-refractivity contribution in [2.24, 2.45) is 0 Å². The van der Waals surface area contributed by atoms with Crippen LogP contribution in [0.15, 0.2) is 34.7 Å². The lowest BCUT2D eigenvalue weighted by Crippen LogP contribution is -2.13. The molecule has 0 saturated heterocycles. The number of thiophene rings is 1. The molecule has 2 aromatic rings. The van der Waals surface area contributed by atoms with E-state index in [0.29, 0.717) is 18.1 Å². The number of anilines is 1. The van der Waals surface area contributed by atoms with Crippen LogP contribution >= 0.6 is 11.3 Å². The first-order valence-electron chi connectivity index (χ1n) is 6.36. The van der Waals surface area contributed by atoms with Crippen molar-refractivity contribution in [3.8, 4) is 5.88 Å². The predicted molar refractivity (Wildman–Crippen MR) is 83.3 cm³/mol. The molecule has 0 aromatic carbocycles. The number of hydrogen-bond donors (Lipinski definition) is 2. The molecular weight excluding hydrogens is 310 g/mol. The molecule has 0 atom stereocenters. The van der Waals surface area contributed by atoms with Crippen molar-refractivity contribution in [3.05, 3.63) is 34.7 Å². The smallest absolute Gasteiger partial charge is 0.262 e. The van der Waals surface area contributed by atoms with Gasteiger partial charge < -0.3 is 10.1 Å². The van der Waals surface area contributed by atoms with E-state index in [4.69, 9.17) is 4.74 Å². The maximum Gasteiger partial charge on any atom is 0.262 e. The van der Waals surface area contributed by atoms with Gasteiger partial charge in [-0.15, -0.1) is 11.3 Å². The molecule has 0 spiro atoms. The third kappa shape index (κ3) is 4.16. The zero-order chi connectivity index (χ0) is 15.3. The summed E-state index contributed by atoms with van der Waals surface area (Å²) in [7, 11) is -2.08. The summed E-state index contributed by atoms with van der Waals surface area (Å²) in [5.74, 6) is 0.432. The first kappa shape index (κ1) is 15.7. The van der Waals surface area contributed by atoms with Gasteiger partial charge in [0.05, 0.1) is 23.9 Å². The van der Waals surface area contributed by atoms with Crippen LogP contribution in [0.25, 0.3) is 0 Å². The molecule has 0 saturated carbocycles. The van der Waals surface area contributed by atoms with E-state index in [1.165, 1.54) is 24.6 Å². The van der Waals surface area contributed by atoms with Crippen LogP contribution in [-0.4, -0.2) is 27.1 Å². The maximum absolute atomic E-state index is 12.3. The second-order valence-corrected chi connectivity index (χ2v) is 6.90. The van der Waals surface area contributed by atoms with Gasteiger partial charge in [-0.05, 0) is 18.7 Å². The van der Waals surface area contributed by atoms with Crippen LogP contribution in [0.2, 0.25) is 0 Å². The van der Waals surface area contributed by atoms with Gasteiger partial charge in [0.2, 0.25) is 5.88 Å². The Morgan fingerprint density at radius 1 is 1.38 bits per heavy atom. The summed E-state index contributed by atoms with van der Waals surface area (Å²) < 4.78 is 31.9. The molecule has 2 N–H and O–H groups in total. The van der Waals surface area contributed by atoms with Gasteiger partial charge in [0.25, 0.3) is 10.0 Å². The molecule has 0 radical (unpaired) electrons. The van der Waals surface area contributed by atoms with Crippen LogP contribution in [0.5, 0.6) is 5.88 Å². The van der Waals surface area contributed by atoms with E-state index in [0.717, 1.165) is 11.4 Å². The van der Waals surface area contributed by atoms with Crippen molar-refractivity contribution >= 4 is 27.0 Å². The first-order chi connectivity index (χ1) is 10.0. The minimum atomic E-state index is -3.59. The van der Waals surface area contributed by atoms with Crippen LogP contribution in [0.4, 0.5) is 5.69 Å². The highest BCUT2D eigenvalue weighted by Gasteiger charge is 2.16. The van der Waals surface area contributed by atoms with Gasteiger partial charge in [0.15, 0.2) is 0 Å². The molecule has 2 heterocycles. The quantitative estimate of drug-likeness (QED) is 0.814. The van der Waals surface area contributed by atoms with E-state index in [1.807, 2.05) is 6.92 Å². The predicted octanol–water partition coefficient (Wildman–Crippen LogP) is 2.06. The van der Waals surface area contributed by atoms with Crippen molar-refractivity contribution in [1.82, 2.24) is 10.3 Å². The summed E-state index contributed by atoms with van der Waals surface area (Å²) in [6.45, 7) is 3.51. The molecule has 6 nitrogen and oxygen atoms in total. The zero-order valence-electron chi connectivity index (χ0n) is 11.8. The molecule has 21 heavy (non-hydrogen) atoms. The molecule has 2 aromatic heterocycles. The Morgan fingerprint density at radius 3 is 2.81 bits per heavy atom. The molecule has 0 aliphatic heterocycles. The Hall–Kier alpha value is -1.64. The summed E-state index contributed by atoms with van der Waals surface area (Å²) >= 11 is 1.42. The third-order valence-electron chi connectivity index (χ3n) is 2.69. The Kier molecular flexibility index (Phi) is 5.16. The summed E-state index contributed by atoms with van der Waals surface area (Å²) in [6, 6.07) is 4.88. The highest BCUT2D eigenvalue weighted by molar-refractivity contribution is 7.92. The van der Waals surface area contributed by atoms with Gasteiger partial charge in [-0.25, -0.2) is 13.4 Å². The lowest BCUT2D eigenvalue weighted by molar-refractivity contribution is 0.398. The van der Waals surface area contributed by atoms with Crippen LogP contribution in [0.3, 0.4) is 0 Å². The Bertz CT molecular complexity index is 681. The summed E-state index contributed by atoms with van der Waals surface area (Å²) in [6.07, 6.45) is 1.42. The second-order valence-electron chi connectivity index (χ2n) is 4.22. The van der Waals surface area contributed by atoms with Gasteiger partial charge in [0, 0.05) is 22.9 Å². The van der Waals surface area contributed by atoms with Crippen LogP contribution < -0.4 is 14.8 Å². The summed E-state index contributed by atoms with van der Waals surface area (Å²) in [5.41, 5.74) is 0.398. The fourth-order valence-corrected chi connectivity index (χ4v) is 3.91. The average Bonchev–Trinajstić information content (AvgIpc) is 2.95. The van der Waals surface area contributed by atoms with Crippen LogP contribution in [0.1, 0.15) is 11.8 Å². The molecular formula is C13H17N3O3S2. The monoisotopic (exact) mass is 327 g/mol. The topological polar surface area (TPSA) is 80.3 Å². The van der Waals surface area contributed by atoms with E-state index < -0.39 is 10.0 Å². The first-order valence-corrected chi connectivity index (χ1v) is 8.72. The number of rotatable bonds is 7. The van der Waals surface area contributed by atoms with Gasteiger partial charge in [0.1, 0.15) is 0 Å². The number of pyridine rings is 1. The largest absolute Gasteiger partial charge is 0.481 e. The Labute approximate surface area is 128 Å². The van der Waals surface area contributed by atoms with Crippen LogP contribution in [0, 0.1) is 0 Å². The molecule has 0 aliphatic carbocycles. The van der Waals surface area contributed by atoms with E-state index in [1.54, 1.807) is 23.6 Å². The van der Waals surface area contributed by atoms with Crippen molar-refractivity contribution in [2.45, 2.75) is 18.4 Å². The number of aromatic nitrogens is 1. The Morgan fingerprint density at radius 2 is 2.19 bits per heavy atom. The summed E-state index contributed by atoms with van der Waals surface area (Å²) in [4.78, 5) is 5.20. The normalized spacial score (nSPS) is 11.3. The number of ether oxygens (including phenoxy) is 1. The van der Waals surface area contributed by atoms with Crippen molar-refractivity contribution in [3.63, 3.8) is 0 Å². The third-order valence-corrected chi connectivity index (χ3v) is 5.13. The van der Waals surface area contributed by atoms with Crippen molar-refractivity contribution in [1.29, 1.82) is 0 Å². The average molecular weight is 327 g/mol. The molecule has 0 fully saturated rings. The molecule has 8 heteroatoms. The minimum absolute atomic E-state index is 0.260. The van der Waals surface area contributed by atoms with Crippen molar-refractivity contribution < 1.29 is 13.2 Å². The maximum atomic E-state index is 12.3. The Balaban J connectivity index is 2.11. The number of nitrogens with zero attached hydrogens (tertiary/aromatic N) is 1. The minimum Gasteiger partial charge on any atom is -0.481 e. The lowest BCUT2D eigenvalue weighted by Gasteiger charge is -2.06. The number of methoxy groups -OCH3 is 1. The van der Waals surface area contributed by atoms with Gasteiger partial charge in [-0.3, -0.25) is 4.72 Å². The second kappa shape index (κ2) is 6.88. The molecule has 0 aliphatic rings. The zero-order valence-corrected chi connectivity index (χ0v) is 13.4. The highest BCUT2D eigenvalue weighted by atomic mass is 32.2. The number of hydrogen-bond acceptors (Lipinski definition) is 6. The van der Waals surface area contributed by atoms with Crippen LogP contribution in [-0.2, 0) is 16.6 Å². The standard InChI is InChI=1S/C13H17N3O3S2/c1-3-14-8-11-6-12(9-20-11)21(17,18)16-10-4-5-13(19-2)15-7-10/h4-7,9,14,16H,3,8H2,1-2H3. The highest BCUT2D eigenvalue weighted by Crippen LogP contribution is 2.22. The van der Waals surface area contributed by atoms with E-state index >= 15 is 0 Å². The molecule has 114 valence electrons. The fraction of sp³-hybridized carbons (Fsp3) is 0.308. The molecule has 0 bridgehead atoms. The van der Waals surface area contributed by atoms with Gasteiger partial charge in [-0.1, -0.05) is 6.92 Å². The molecule has 2 rings (SSSR count). The van der Waals surface area contributed by atoms with E-state index in [-0.39, 0.29) is 4.90 Å².